The van der Waals surface area contributed by atoms with E-state index in [1.54, 1.807) is 0 Å². The van der Waals surface area contributed by atoms with Crippen LogP contribution >= 0.6 is 0 Å². The van der Waals surface area contributed by atoms with Crippen molar-refractivity contribution in [3.63, 3.8) is 0 Å². The highest BCUT2D eigenvalue weighted by molar-refractivity contribution is 7.92. The predicted molar refractivity (Wildman–Crippen MR) is 113 cm³/mol. The number of hydrogen-bond donors (Lipinski definition) is 2. The smallest absolute Gasteiger partial charge is 0.265 e. The number of hydrogen-bond acceptors (Lipinski definition) is 6. The molecule has 0 aliphatic rings. The van der Waals surface area contributed by atoms with Gasteiger partial charge in [0.2, 0.25) is 24.1 Å². The quantitative estimate of drug-likeness (QED) is 0.523. The Kier molecular flexibility index (Phi) is 7.50. The second-order valence-corrected chi connectivity index (χ2v) is 7.99. The van der Waals surface area contributed by atoms with Crippen molar-refractivity contribution in [1.29, 1.82) is 0 Å². The lowest BCUT2D eigenvalue weighted by Crippen LogP contribution is -2.16. The number of halogens is 3. The predicted octanol–water partition coefficient (Wildman–Crippen LogP) is 4.05. The van der Waals surface area contributed by atoms with E-state index in [4.69, 9.17) is 9.47 Å². The molecule has 0 unspecified atom stereocenters. The summed E-state index contributed by atoms with van der Waals surface area (Å²) in [5.41, 5.74) is 2.40. The molecule has 12 heteroatoms. The molecule has 0 aliphatic heterocycles. The second kappa shape index (κ2) is 9.69. The number of H-pyrrole nitrogens is 1. The fraction of sp³-hybridized carbons (Fsp3) is 0.263. The molecule has 0 spiro atoms. The Balaban J connectivity index is 0.00000341. The van der Waals surface area contributed by atoms with E-state index in [0.717, 1.165) is 11.1 Å². The molecule has 0 radical (unpaired) electrons. The van der Waals surface area contributed by atoms with E-state index in [1.807, 2.05) is 31.2 Å². The first-order chi connectivity index (χ1) is 14.2. The third-order valence-corrected chi connectivity index (χ3v) is 5.61. The zero-order valence-electron chi connectivity index (χ0n) is 16.8. The maximum absolute atomic E-state index is 12.8. The Bertz CT molecular complexity index is 1140. The van der Waals surface area contributed by atoms with E-state index < -0.39 is 22.9 Å². The first kappa shape index (κ1) is 24.0. The number of anilines is 1. The van der Waals surface area contributed by atoms with Crippen molar-refractivity contribution in [1.82, 2.24) is 15.0 Å². The van der Waals surface area contributed by atoms with E-state index in [-0.39, 0.29) is 35.7 Å². The van der Waals surface area contributed by atoms with Crippen LogP contribution in [0.5, 0.6) is 11.8 Å². The molecule has 0 aliphatic carbocycles. The molecule has 0 atom stereocenters. The first-order valence-electron chi connectivity index (χ1n) is 8.79. The molecule has 0 amide bonds. The number of alkyl halides is 2. The molecule has 0 bridgehead atoms. The summed E-state index contributed by atoms with van der Waals surface area (Å²) in [7, 11) is -1.60. The van der Waals surface area contributed by atoms with Crippen molar-refractivity contribution in [3.05, 3.63) is 47.7 Å². The second-order valence-electron chi connectivity index (χ2n) is 6.31. The topological polar surface area (TPSA) is 106 Å². The minimum Gasteiger partial charge on any atom is -0.481 e. The summed E-state index contributed by atoms with van der Waals surface area (Å²) in [5, 5.41) is 0. The number of nitrogens with one attached hydrogen (secondary N) is 2. The van der Waals surface area contributed by atoms with E-state index in [1.165, 1.54) is 26.5 Å². The van der Waals surface area contributed by atoms with Crippen molar-refractivity contribution in [2.45, 2.75) is 24.7 Å². The van der Waals surface area contributed by atoms with Crippen molar-refractivity contribution in [3.8, 4) is 23.0 Å². The third kappa shape index (κ3) is 5.26. The van der Waals surface area contributed by atoms with Gasteiger partial charge in [-0.25, -0.2) is 21.9 Å². The van der Waals surface area contributed by atoms with Gasteiger partial charge in [-0.2, -0.15) is 9.97 Å². The number of aryl methyl sites for hydroxylation is 1. The Labute approximate surface area is 180 Å². The zero-order chi connectivity index (χ0) is 21.9. The molecule has 0 fully saturated rings. The number of aromatic nitrogens is 3. The molecule has 3 rings (SSSR count). The summed E-state index contributed by atoms with van der Waals surface area (Å²) in [6.45, 7) is 1.91. The minimum atomic E-state index is -4.06. The molecule has 3 aromatic rings. The molecule has 0 saturated heterocycles. The van der Waals surface area contributed by atoms with Crippen molar-refractivity contribution >= 4 is 16.0 Å². The van der Waals surface area contributed by atoms with Gasteiger partial charge in [-0.3, -0.25) is 4.70 Å². The molecule has 2 aromatic heterocycles. The lowest BCUT2D eigenvalue weighted by atomic mass is 10.1. The lowest BCUT2D eigenvalue weighted by Gasteiger charge is -2.13. The van der Waals surface area contributed by atoms with Crippen molar-refractivity contribution in [2.75, 3.05) is 18.9 Å². The number of benzene rings is 1. The summed E-state index contributed by atoms with van der Waals surface area (Å²) >= 11 is 0. The van der Waals surface area contributed by atoms with Crippen LogP contribution in [-0.2, 0) is 16.4 Å². The Morgan fingerprint density at radius 2 is 1.77 bits per heavy atom. The number of nitrogens with zero attached hydrogens (tertiary/aromatic N) is 2. The van der Waals surface area contributed by atoms with Gasteiger partial charge in [-0.15, -0.1) is 0 Å². The molecule has 2 heterocycles. The molecular formula is C19H25F3N4O4S. The minimum absolute atomic E-state index is 0. The average molecular weight is 462 g/mol. The molecule has 172 valence electrons. The normalized spacial score (nSPS) is 11.2. The van der Waals surface area contributed by atoms with Crippen molar-refractivity contribution in [2.24, 2.45) is 0 Å². The molecule has 8 nitrogen and oxygen atoms in total. The standard InChI is InChI=1S/C19H20F2N4O4S.FH.2H2/c1-11-6-4-5-7-13(11)15-8-12(10-22-15)30(26,27)25-19-23-17(28-2)14(9-16(20)21)18(24-19)29-3;;;/h4-8,10,16,22H,9H2,1-3H3,(H,23,24,25);3*1H. The van der Waals surface area contributed by atoms with Crippen LogP contribution in [0, 0.1) is 6.92 Å². The van der Waals surface area contributed by atoms with Gasteiger partial charge in [-0.05, 0) is 18.6 Å². The van der Waals surface area contributed by atoms with Gasteiger partial charge in [0.15, 0.2) is 0 Å². The van der Waals surface area contributed by atoms with E-state index in [9.17, 15) is 17.2 Å². The first-order valence-corrected chi connectivity index (χ1v) is 10.3. The number of rotatable bonds is 8. The molecule has 1 aromatic carbocycles. The number of ether oxygens (including phenoxy) is 2. The van der Waals surface area contributed by atoms with Crippen LogP contribution in [0.3, 0.4) is 0 Å². The van der Waals surface area contributed by atoms with Crippen LogP contribution in [0.25, 0.3) is 11.3 Å². The van der Waals surface area contributed by atoms with E-state index in [2.05, 4.69) is 19.7 Å². The van der Waals surface area contributed by atoms with Gasteiger partial charge in [0.05, 0.1) is 19.8 Å². The SMILES string of the molecule is COc1nc(NS(=O)(=O)c2c[nH]c(-c3ccccc3C)c2)nc(OC)c1CC(F)F.F.[HH].[HH]. The zero-order valence-corrected chi connectivity index (χ0v) is 17.7. The van der Waals surface area contributed by atoms with Crippen LogP contribution in [-0.4, -0.2) is 44.0 Å². The fourth-order valence-corrected chi connectivity index (χ4v) is 3.83. The average Bonchev–Trinajstić information content (AvgIpc) is 3.19. The van der Waals surface area contributed by atoms with Gasteiger partial charge < -0.3 is 14.5 Å². The molecule has 31 heavy (non-hydrogen) atoms. The summed E-state index contributed by atoms with van der Waals surface area (Å²) in [5.74, 6) is -0.760. The highest BCUT2D eigenvalue weighted by Gasteiger charge is 2.23. The molecule has 2 N–H and O–H groups in total. The van der Waals surface area contributed by atoms with Gasteiger partial charge in [0, 0.05) is 26.7 Å². The summed E-state index contributed by atoms with van der Waals surface area (Å²) < 4.78 is 63.5. The summed E-state index contributed by atoms with van der Waals surface area (Å²) in [6.07, 6.45) is -2.04. The third-order valence-electron chi connectivity index (χ3n) is 4.30. The van der Waals surface area contributed by atoms with E-state index >= 15 is 0 Å². The largest absolute Gasteiger partial charge is 0.481 e. The Morgan fingerprint density at radius 1 is 1.16 bits per heavy atom. The van der Waals surface area contributed by atoms with Crippen LogP contribution < -0.4 is 14.2 Å². The van der Waals surface area contributed by atoms with Gasteiger partial charge in [0.25, 0.3) is 10.0 Å². The van der Waals surface area contributed by atoms with E-state index in [0.29, 0.717) is 5.69 Å². The van der Waals surface area contributed by atoms with Crippen LogP contribution in [0.4, 0.5) is 19.4 Å². The van der Waals surface area contributed by atoms with Gasteiger partial charge in [-0.1, -0.05) is 24.3 Å². The number of sulfonamides is 1. The summed E-state index contributed by atoms with van der Waals surface area (Å²) in [6, 6.07) is 8.99. The fourth-order valence-electron chi connectivity index (χ4n) is 2.90. The van der Waals surface area contributed by atoms with Gasteiger partial charge in [0.1, 0.15) is 4.90 Å². The maximum atomic E-state index is 12.8. The van der Waals surface area contributed by atoms with Crippen LogP contribution in [0.15, 0.2) is 41.4 Å². The van der Waals surface area contributed by atoms with Gasteiger partial charge >= 0.3 is 0 Å². The molecular weight excluding hydrogens is 437 g/mol. The van der Waals surface area contributed by atoms with Crippen LogP contribution in [0.2, 0.25) is 0 Å². The lowest BCUT2D eigenvalue weighted by molar-refractivity contribution is 0.146. The Morgan fingerprint density at radius 3 is 2.32 bits per heavy atom. The maximum Gasteiger partial charge on any atom is 0.265 e. The van der Waals surface area contributed by atoms with Crippen molar-refractivity contribution < 1.29 is 34.2 Å². The number of aromatic amines is 1. The van der Waals surface area contributed by atoms with Crippen LogP contribution in [0.1, 0.15) is 14.0 Å². The molecule has 0 saturated carbocycles. The monoisotopic (exact) mass is 462 g/mol. The highest BCUT2D eigenvalue weighted by atomic mass is 32.2. The number of methoxy groups -OCH3 is 2. The Hall–Kier alpha value is -3.28. The highest BCUT2D eigenvalue weighted by Crippen LogP contribution is 2.30. The summed E-state index contributed by atoms with van der Waals surface area (Å²) in [4.78, 5) is 10.7.